The molecule has 1 aromatic rings. The maximum Gasteiger partial charge on any atom is 0.161 e. The van der Waals surface area contributed by atoms with Crippen LogP contribution in [0.15, 0.2) is 18.2 Å². The second kappa shape index (κ2) is 5.96. The molecule has 0 saturated carbocycles. The Bertz CT molecular complexity index is 386. The van der Waals surface area contributed by atoms with E-state index in [1.54, 1.807) is 19.2 Å². The van der Waals surface area contributed by atoms with Gasteiger partial charge >= 0.3 is 0 Å². The molecule has 0 aromatic heterocycles. The molecule has 0 atom stereocenters. The van der Waals surface area contributed by atoms with Crippen LogP contribution in [-0.4, -0.2) is 31.0 Å². The van der Waals surface area contributed by atoms with Gasteiger partial charge in [0.15, 0.2) is 11.5 Å². The van der Waals surface area contributed by atoms with Crippen molar-refractivity contribution in [1.82, 2.24) is 0 Å². The molecule has 92 valence electrons. The lowest BCUT2D eigenvalue weighted by molar-refractivity contribution is 0.112. The average Bonchev–Trinajstić information content (AvgIpc) is 2.40. The van der Waals surface area contributed by atoms with Crippen molar-refractivity contribution in [3.05, 3.63) is 23.8 Å². The summed E-state index contributed by atoms with van der Waals surface area (Å²) in [7, 11) is 1.59. The lowest BCUT2D eigenvalue weighted by atomic mass is 10.2. The van der Waals surface area contributed by atoms with E-state index in [1.807, 2.05) is 17.8 Å². The lowest BCUT2D eigenvalue weighted by Gasteiger charge is -2.23. The minimum Gasteiger partial charge on any atom is -0.493 e. The minimum absolute atomic E-state index is 0.271. The van der Waals surface area contributed by atoms with Crippen LogP contribution >= 0.6 is 11.8 Å². The van der Waals surface area contributed by atoms with Crippen LogP contribution in [0.1, 0.15) is 23.2 Å². The quantitative estimate of drug-likeness (QED) is 0.772. The summed E-state index contributed by atoms with van der Waals surface area (Å²) in [6.07, 6.45) is 3.23. The molecule has 0 amide bonds. The molecule has 3 nitrogen and oxygen atoms in total. The Hall–Kier alpha value is -1.16. The first-order chi connectivity index (χ1) is 8.33. The van der Waals surface area contributed by atoms with Gasteiger partial charge in [-0.15, -0.1) is 0 Å². The van der Waals surface area contributed by atoms with Crippen LogP contribution in [-0.2, 0) is 0 Å². The summed E-state index contributed by atoms with van der Waals surface area (Å²) < 4.78 is 11.2. The fraction of sp³-hybridized carbons (Fsp3) is 0.462. The molecule has 0 aliphatic carbocycles. The van der Waals surface area contributed by atoms with Crippen molar-refractivity contribution < 1.29 is 14.3 Å². The number of carbonyl (C=O) groups excluding carboxylic acids is 1. The summed E-state index contributed by atoms with van der Waals surface area (Å²) in [5, 5.41) is 0. The van der Waals surface area contributed by atoms with Crippen molar-refractivity contribution in [1.29, 1.82) is 0 Å². The summed E-state index contributed by atoms with van der Waals surface area (Å²) in [6, 6.07) is 5.27. The van der Waals surface area contributed by atoms with Gasteiger partial charge < -0.3 is 9.47 Å². The molecular weight excluding hydrogens is 236 g/mol. The highest BCUT2D eigenvalue weighted by molar-refractivity contribution is 7.99. The summed E-state index contributed by atoms with van der Waals surface area (Å²) in [4.78, 5) is 10.7. The highest BCUT2D eigenvalue weighted by Crippen LogP contribution is 2.31. The van der Waals surface area contributed by atoms with Crippen LogP contribution in [0.5, 0.6) is 11.5 Å². The Morgan fingerprint density at radius 3 is 2.71 bits per heavy atom. The minimum atomic E-state index is 0.271. The standard InChI is InChI=1S/C13H16O3S/c1-15-13-8-10(9-14)2-3-12(13)16-11-4-6-17-7-5-11/h2-3,8-9,11H,4-7H2,1H3. The maximum atomic E-state index is 10.7. The predicted octanol–water partition coefficient (Wildman–Crippen LogP) is 2.78. The van der Waals surface area contributed by atoms with Gasteiger partial charge in [-0.2, -0.15) is 11.8 Å². The number of benzene rings is 1. The molecular formula is C13H16O3S. The van der Waals surface area contributed by atoms with E-state index < -0.39 is 0 Å². The zero-order valence-corrected chi connectivity index (χ0v) is 10.7. The van der Waals surface area contributed by atoms with E-state index in [1.165, 1.54) is 0 Å². The molecule has 0 bridgehead atoms. The lowest BCUT2D eigenvalue weighted by Crippen LogP contribution is -2.22. The molecule has 1 heterocycles. The van der Waals surface area contributed by atoms with Crippen LogP contribution < -0.4 is 9.47 Å². The van der Waals surface area contributed by atoms with Crippen molar-refractivity contribution in [2.24, 2.45) is 0 Å². The number of thioether (sulfide) groups is 1. The first-order valence-corrected chi connectivity index (χ1v) is 6.86. The van der Waals surface area contributed by atoms with Crippen LogP contribution in [0, 0.1) is 0 Å². The number of rotatable bonds is 4. The molecule has 1 aromatic carbocycles. The second-order valence-corrected chi connectivity index (χ2v) is 5.18. The molecule has 0 radical (unpaired) electrons. The maximum absolute atomic E-state index is 10.7. The van der Waals surface area contributed by atoms with E-state index >= 15 is 0 Å². The number of methoxy groups -OCH3 is 1. The number of aldehydes is 1. The molecule has 1 aliphatic rings. The van der Waals surface area contributed by atoms with Crippen molar-refractivity contribution in [3.8, 4) is 11.5 Å². The van der Waals surface area contributed by atoms with Gasteiger partial charge in [0, 0.05) is 5.56 Å². The third kappa shape index (κ3) is 3.16. The van der Waals surface area contributed by atoms with Gasteiger partial charge in [0.05, 0.1) is 7.11 Å². The van der Waals surface area contributed by atoms with Crippen LogP contribution in [0.3, 0.4) is 0 Å². The third-order valence-electron chi connectivity index (χ3n) is 2.79. The summed E-state index contributed by atoms with van der Waals surface area (Å²) in [6.45, 7) is 0. The molecule has 0 unspecified atom stereocenters. The summed E-state index contributed by atoms with van der Waals surface area (Å²) in [5.41, 5.74) is 0.605. The monoisotopic (exact) mass is 252 g/mol. The van der Waals surface area contributed by atoms with Gasteiger partial charge in [0.25, 0.3) is 0 Å². The van der Waals surface area contributed by atoms with Gasteiger partial charge in [-0.1, -0.05) is 0 Å². The zero-order chi connectivity index (χ0) is 12.1. The van der Waals surface area contributed by atoms with E-state index in [2.05, 4.69) is 0 Å². The van der Waals surface area contributed by atoms with Crippen LogP contribution in [0.2, 0.25) is 0 Å². The number of ether oxygens (including phenoxy) is 2. The van der Waals surface area contributed by atoms with Gasteiger partial charge in [-0.25, -0.2) is 0 Å². The van der Waals surface area contributed by atoms with Gasteiger partial charge in [-0.3, -0.25) is 4.79 Å². The van der Waals surface area contributed by atoms with Gasteiger partial charge in [-0.05, 0) is 42.5 Å². The van der Waals surface area contributed by atoms with E-state index in [0.717, 1.165) is 36.4 Å². The zero-order valence-electron chi connectivity index (χ0n) is 9.85. The predicted molar refractivity (Wildman–Crippen MR) is 69.4 cm³/mol. The topological polar surface area (TPSA) is 35.5 Å². The van der Waals surface area contributed by atoms with Crippen molar-refractivity contribution in [2.45, 2.75) is 18.9 Å². The Kier molecular flexibility index (Phi) is 4.31. The average molecular weight is 252 g/mol. The largest absolute Gasteiger partial charge is 0.493 e. The highest BCUT2D eigenvalue weighted by atomic mass is 32.2. The van der Waals surface area contributed by atoms with Gasteiger partial charge in [0.2, 0.25) is 0 Å². The Labute approximate surface area is 105 Å². The van der Waals surface area contributed by atoms with E-state index in [4.69, 9.17) is 9.47 Å². The molecule has 0 N–H and O–H groups in total. The first kappa shape index (κ1) is 12.3. The Morgan fingerprint density at radius 1 is 1.29 bits per heavy atom. The molecule has 0 spiro atoms. The van der Waals surface area contributed by atoms with Gasteiger partial charge in [0.1, 0.15) is 12.4 Å². The third-order valence-corrected chi connectivity index (χ3v) is 3.83. The molecule has 2 rings (SSSR count). The van der Waals surface area contributed by atoms with Crippen LogP contribution in [0.4, 0.5) is 0 Å². The Morgan fingerprint density at radius 2 is 2.06 bits per heavy atom. The number of hydrogen-bond acceptors (Lipinski definition) is 4. The highest BCUT2D eigenvalue weighted by Gasteiger charge is 2.17. The smallest absolute Gasteiger partial charge is 0.161 e. The number of carbonyl (C=O) groups is 1. The summed E-state index contributed by atoms with van der Waals surface area (Å²) >= 11 is 1.97. The number of hydrogen-bond donors (Lipinski definition) is 0. The van der Waals surface area contributed by atoms with Crippen LogP contribution in [0.25, 0.3) is 0 Å². The van der Waals surface area contributed by atoms with Crippen molar-refractivity contribution in [2.75, 3.05) is 18.6 Å². The molecule has 1 aliphatic heterocycles. The SMILES string of the molecule is COc1cc(C=O)ccc1OC1CCSCC1. The normalized spacial score (nSPS) is 16.5. The molecule has 4 heteroatoms. The van der Waals surface area contributed by atoms with E-state index in [9.17, 15) is 4.79 Å². The fourth-order valence-electron chi connectivity index (χ4n) is 1.83. The first-order valence-electron chi connectivity index (χ1n) is 5.71. The van der Waals surface area contributed by atoms with E-state index in [0.29, 0.717) is 11.3 Å². The second-order valence-electron chi connectivity index (χ2n) is 3.96. The fourth-order valence-corrected chi connectivity index (χ4v) is 2.89. The summed E-state index contributed by atoms with van der Waals surface area (Å²) in [5.74, 6) is 3.67. The Balaban J connectivity index is 2.10. The van der Waals surface area contributed by atoms with Crippen molar-refractivity contribution in [3.63, 3.8) is 0 Å². The molecule has 1 fully saturated rings. The molecule has 17 heavy (non-hydrogen) atoms. The van der Waals surface area contributed by atoms with E-state index in [-0.39, 0.29) is 6.10 Å². The van der Waals surface area contributed by atoms with Crippen molar-refractivity contribution >= 4 is 18.0 Å². The molecule has 1 saturated heterocycles.